The molecule has 1 unspecified atom stereocenters. The summed E-state index contributed by atoms with van der Waals surface area (Å²) in [6.45, 7) is 3.10. The number of rotatable bonds is 11. The number of aldehydes is 1. The Bertz CT molecular complexity index is 1680. The van der Waals surface area contributed by atoms with Crippen LogP contribution < -0.4 is 21.7 Å². The van der Waals surface area contributed by atoms with Crippen molar-refractivity contribution in [3.63, 3.8) is 0 Å². The van der Waals surface area contributed by atoms with Gasteiger partial charge in [0.1, 0.15) is 58.9 Å². The normalized spacial score (nSPS) is 27.8. The smallest absolute Gasteiger partial charge is 0.251 e. The Morgan fingerprint density at radius 1 is 1.17 bits per heavy atom. The lowest BCUT2D eigenvalue weighted by Gasteiger charge is -2.43. The van der Waals surface area contributed by atoms with Crippen LogP contribution in [0, 0.1) is 33.8 Å². The quantitative estimate of drug-likeness (QED) is 0.235. The van der Waals surface area contributed by atoms with Gasteiger partial charge in [0.05, 0.1) is 24.1 Å². The number of nitrogens with one attached hydrogen (secondary N) is 3. The summed E-state index contributed by atoms with van der Waals surface area (Å²) in [5.41, 5.74) is 3.84. The number of hydrogen-bond acceptors (Lipinski definition) is 7. The molecule has 2 saturated carbocycles. The fourth-order valence-corrected chi connectivity index (χ4v) is 6.44. The number of carbonyl (C=O) groups is 3. The Hall–Kier alpha value is -4.58. The fraction of sp³-hybridized carbons (Fsp3) is 0.412. The van der Waals surface area contributed by atoms with E-state index in [1.54, 1.807) is 26.0 Å². The van der Waals surface area contributed by atoms with Crippen LogP contribution >= 0.6 is 0 Å². The SMILES string of the molecule is COC1=CC(C(=O)NC[C@](C=O)(C2=CC3=C(OC[C@]3(C)C(N)=O)C(C)(c3cc(F)cc(F)c3)N2)C2CC2)=C/C(=C/[NH2+]C2CC2)C1=N. The number of benzene rings is 1. The van der Waals surface area contributed by atoms with Crippen molar-refractivity contribution in [2.45, 2.75) is 51.1 Å². The van der Waals surface area contributed by atoms with Crippen LogP contribution in [0.5, 0.6) is 0 Å². The Kier molecular flexibility index (Phi) is 7.74. The molecule has 7 N–H and O–H groups in total. The van der Waals surface area contributed by atoms with Crippen molar-refractivity contribution >= 4 is 23.8 Å². The molecule has 0 aromatic heterocycles. The van der Waals surface area contributed by atoms with Gasteiger partial charge >= 0.3 is 0 Å². The maximum Gasteiger partial charge on any atom is 0.251 e. The highest BCUT2D eigenvalue weighted by Crippen LogP contribution is 2.54. The lowest BCUT2D eigenvalue weighted by Crippen LogP contribution is -2.80. The second-order valence-corrected chi connectivity index (χ2v) is 13.1. The summed E-state index contributed by atoms with van der Waals surface area (Å²) in [7, 11) is 1.44. The third-order valence-corrected chi connectivity index (χ3v) is 9.80. The van der Waals surface area contributed by atoms with E-state index < -0.39 is 39.8 Å². The molecule has 1 aromatic rings. The van der Waals surface area contributed by atoms with E-state index in [9.17, 15) is 23.2 Å². The van der Waals surface area contributed by atoms with Crippen molar-refractivity contribution in [1.29, 1.82) is 5.41 Å². The van der Waals surface area contributed by atoms with Gasteiger partial charge in [0, 0.05) is 42.3 Å². The number of methoxy groups -OCH3 is 1. The number of hydrogen-bond donors (Lipinski definition) is 5. The third-order valence-electron chi connectivity index (χ3n) is 9.80. The van der Waals surface area contributed by atoms with E-state index in [2.05, 4.69) is 10.6 Å². The maximum absolute atomic E-state index is 14.5. The van der Waals surface area contributed by atoms with Crippen LogP contribution in [-0.2, 0) is 29.4 Å². The highest BCUT2D eigenvalue weighted by Gasteiger charge is 2.56. The van der Waals surface area contributed by atoms with Gasteiger partial charge in [-0.15, -0.1) is 0 Å². The number of halogens is 2. The van der Waals surface area contributed by atoms with E-state index >= 15 is 0 Å². The number of dihydropyridines is 1. The van der Waals surface area contributed by atoms with E-state index in [-0.39, 0.29) is 47.4 Å². The van der Waals surface area contributed by atoms with Crippen molar-refractivity contribution in [1.82, 2.24) is 10.6 Å². The van der Waals surface area contributed by atoms with Gasteiger partial charge in [0.25, 0.3) is 5.91 Å². The molecular weight excluding hydrogens is 596 g/mol. The molecule has 1 aromatic carbocycles. The maximum atomic E-state index is 14.5. The van der Waals surface area contributed by atoms with Crippen LogP contribution in [0.1, 0.15) is 45.1 Å². The van der Waals surface area contributed by atoms with Crippen LogP contribution in [-0.4, -0.2) is 50.1 Å². The Morgan fingerprint density at radius 3 is 2.46 bits per heavy atom. The number of carbonyl (C=O) groups excluding carboxylic acids is 3. The molecule has 0 spiro atoms. The number of quaternary nitrogens is 1. The standard InChI is InChI=1S/C34H37F2N5O5/c1-32(31(38)44)17-46-29-25(32)13-27(41-33(29,2)21-10-22(35)12-23(36)11-21)34(16-42,20-4-5-20)15-40-30(43)18-8-19(14-39-24-6-7-24)28(37)26(9-18)45-3/h8-14,16,20,24,37,39,41H,4-7,15,17H2,1-3H3,(H2,38,44)(H,40,43)/p+1/b19-14-,37-28?/t32-,33?,34+/m0/s1. The summed E-state index contributed by atoms with van der Waals surface area (Å²) >= 11 is 0. The van der Waals surface area contributed by atoms with Gasteiger partial charge in [0.2, 0.25) is 5.91 Å². The van der Waals surface area contributed by atoms with Gasteiger partial charge in [-0.2, -0.15) is 0 Å². The number of allylic oxidation sites excluding steroid dienone is 3. The molecule has 2 aliphatic heterocycles. The molecule has 3 atom stereocenters. The molecule has 6 rings (SSSR count). The third kappa shape index (κ3) is 5.34. The molecular formula is C34H38F2N5O5+. The van der Waals surface area contributed by atoms with Crippen LogP contribution in [0.2, 0.25) is 0 Å². The zero-order valence-electron chi connectivity index (χ0n) is 26.0. The number of nitrogens with two attached hydrogens (primary N) is 2. The molecule has 3 aliphatic carbocycles. The first-order chi connectivity index (χ1) is 21.8. The Balaban J connectivity index is 1.37. The average Bonchev–Trinajstić information content (AvgIpc) is 3.96. The molecule has 2 fully saturated rings. The van der Waals surface area contributed by atoms with Gasteiger partial charge < -0.3 is 36.0 Å². The highest BCUT2D eigenvalue weighted by atomic mass is 19.1. The second-order valence-electron chi connectivity index (χ2n) is 13.1. The summed E-state index contributed by atoms with van der Waals surface area (Å²) in [6.07, 6.45) is 11.0. The van der Waals surface area contributed by atoms with Gasteiger partial charge in [-0.05, 0) is 68.5 Å². The second kappa shape index (κ2) is 11.3. The first-order valence-electron chi connectivity index (χ1n) is 15.4. The zero-order valence-corrected chi connectivity index (χ0v) is 26.0. The molecule has 0 radical (unpaired) electrons. The van der Waals surface area contributed by atoms with Gasteiger partial charge in [0.15, 0.2) is 0 Å². The average molecular weight is 635 g/mol. The fourth-order valence-electron chi connectivity index (χ4n) is 6.44. The van der Waals surface area contributed by atoms with Crippen molar-refractivity contribution in [3.8, 4) is 0 Å². The first kappa shape index (κ1) is 31.4. The van der Waals surface area contributed by atoms with Crippen LogP contribution in [0.25, 0.3) is 0 Å². The Morgan fingerprint density at radius 2 is 1.87 bits per heavy atom. The van der Waals surface area contributed by atoms with Crippen LogP contribution in [0.3, 0.4) is 0 Å². The Labute approximate surface area is 265 Å². The van der Waals surface area contributed by atoms with Gasteiger partial charge in [-0.3, -0.25) is 15.0 Å². The molecule has 2 amide bonds. The summed E-state index contributed by atoms with van der Waals surface area (Å²) in [5, 5.41) is 16.8. The summed E-state index contributed by atoms with van der Waals surface area (Å²) in [5.74, 6) is -2.37. The van der Waals surface area contributed by atoms with Crippen molar-refractivity contribution in [2.24, 2.45) is 22.5 Å². The zero-order chi connectivity index (χ0) is 33.0. The van der Waals surface area contributed by atoms with Crippen molar-refractivity contribution < 1.29 is 38.0 Å². The minimum atomic E-state index is -1.39. The predicted molar refractivity (Wildman–Crippen MR) is 163 cm³/mol. The molecule has 10 nitrogen and oxygen atoms in total. The predicted octanol–water partition coefficient (Wildman–Crippen LogP) is 2.25. The summed E-state index contributed by atoms with van der Waals surface area (Å²) in [6, 6.07) is 3.58. The number of amides is 2. The lowest BCUT2D eigenvalue weighted by molar-refractivity contribution is -0.602. The van der Waals surface area contributed by atoms with E-state index in [1.165, 1.54) is 25.3 Å². The van der Waals surface area contributed by atoms with E-state index in [4.69, 9.17) is 20.6 Å². The highest BCUT2D eigenvalue weighted by molar-refractivity contribution is 6.15. The minimum absolute atomic E-state index is 0.0918. The monoisotopic (exact) mass is 634 g/mol. The van der Waals surface area contributed by atoms with Crippen LogP contribution in [0.15, 0.2) is 76.6 Å². The molecule has 12 heteroatoms. The van der Waals surface area contributed by atoms with E-state index in [1.807, 2.05) is 11.5 Å². The van der Waals surface area contributed by atoms with E-state index in [0.717, 1.165) is 25.2 Å². The molecule has 5 aliphatic rings. The molecule has 2 heterocycles. The van der Waals surface area contributed by atoms with E-state index in [0.29, 0.717) is 35.7 Å². The molecule has 242 valence electrons. The lowest BCUT2D eigenvalue weighted by atomic mass is 9.71. The molecule has 0 saturated heterocycles. The molecule has 0 bridgehead atoms. The van der Waals surface area contributed by atoms with Crippen LogP contribution in [0.4, 0.5) is 8.78 Å². The van der Waals surface area contributed by atoms with Gasteiger partial charge in [-0.25, -0.2) is 8.78 Å². The summed E-state index contributed by atoms with van der Waals surface area (Å²) < 4.78 is 40.5. The topological polar surface area (TPSA) is 160 Å². The van der Waals surface area contributed by atoms with Gasteiger partial charge in [-0.1, -0.05) is 0 Å². The largest absolute Gasteiger partial charge is 0.494 e. The molecule has 46 heavy (non-hydrogen) atoms. The number of primary amides is 1. The first-order valence-corrected chi connectivity index (χ1v) is 15.4. The summed E-state index contributed by atoms with van der Waals surface area (Å²) in [4.78, 5) is 39.6. The minimum Gasteiger partial charge on any atom is -0.494 e. The van der Waals surface area contributed by atoms with Crippen molar-refractivity contribution in [3.05, 3.63) is 93.8 Å². The number of ether oxygens (including phenoxy) is 2. The van der Waals surface area contributed by atoms with Crippen molar-refractivity contribution in [2.75, 3.05) is 20.3 Å².